The fourth-order valence-electron chi connectivity index (χ4n) is 3.95. The first-order chi connectivity index (χ1) is 11.6. The van der Waals surface area contributed by atoms with Crippen LogP contribution in [0, 0.1) is 17.2 Å². The molecule has 5 heteroatoms. The zero-order chi connectivity index (χ0) is 17.0. The maximum absolute atomic E-state index is 12.1. The average molecular weight is 327 g/mol. The molecule has 24 heavy (non-hydrogen) atoms. The molecule has 1 aliphatic carbocycles. The van der Waals surface area contributed by atoms with E-state index in [1.807, 2.05) is 0 Å². The first kappa shape index (κ1) is 16.9. The molecule has 128 valence electrons. The fourth-order valence-corrected chi connectivity index (χ4v) is 3.95. The van der Waals surface area contributed by atoms with Gasteiger partial charge in [-0.3, -0.25) is 4.79 Å². The number of nitrogens with one attached hydrogen (secondary N) is 1. The molecule has 0 spiro atoms. The second-order valence-electron chi connectivity index (χ2n) is 7.08. The van der Waals surface area contributed by atoms with Crippen LogP contribution in [0.4, 0.5) is 5.69 Å². The Morgan fingerprint density at radius 1 is 1.33 bits per heavy atom. The lowest BCUT2D eigenvalue weighted by molar-refractivity contribution is -0.117. The minimum Gasteiger partial charge on any atom is -0.390 e. The highest BCUT2D eigenvalue weighted by Crippen LogP contribution is 2.39. The number of nitriles is 1. The monoisotopic (exact) mass is 327 g/mol. The first-order valence-corrected chi connectivity index (χ1v) is 8.84. The van der Waals surface area contributed by atoms with Gasteiger partial charge >= 0.3 is 0 Å². The Kier molecular flexibility index (Phi) is 5.17. The van der Waals surface area contributed by atoms with Crippen LogP contribution >= 0.6 is 0 Å². The van der Waals surface area contributed by atoms with Crippen molar-refractivity contribution >= 4 is 11.6 Å². The molecule has 0 bridgehead atoms. The van der Waals surface area contributed by atoms with Gasteiger partial charge in [-0.15, -0.1) is 0 Å². The number of fused-ring (bicyclic) bond motifs is 1. The lowest BCUT2D eigenvalue weighted by atomic mass is 9.71. The van der Waals surface area contributed by atoms with Crippen molar-refractivity contribution in [2.45, 2.75) is 44.1 Å². The van der Waals surface area contributed by atoms with E-state index in [0.717, 1.165) is 51.0 Å². The molecule has 1 amide bonds. The second-order valence-corrected chi connectivity index (χ2v) is 7.08. The Bertz CT molecular complexity index is 622. The van der Waals surface area contributed by atoms with Crippen molar-refractivity contribution in [1.29, 1.82) is 5.26 Å². The molecule has 1 saturated carbocycles. The Hall–Kier alpha value is -1.90. The molecule has 2 unspecified atom stereocenters. The normalized spacial score (nSPS) is 27.1. The SMILES string of the molecule is N#Cc1ccc(NC(=O)CCN2CCC3(O)CCCCC3C2)cc1. The lowest BCUT2D eigenvalue weighted by Crippen LogP contribution is -2.53. The number of carbonyl (C=O) groups is 1. The molecule has 2 atom stereocenters. The quantitative estimate of drug-likeness (QED) is 0.891. The van der Waals surface area contributed by atoms with Gasteiger partial charge in [-0.25, -0.2) is 0 Å². The van der Waals surface area contributed by atoms with Crippen molar-refractivity contribution in [2.75, 3.05) is 25.0 Å². The molecule has 1 heterocycles. The van der Waals surface area contributed by atoms with Gasteiger partial charge in [-0.1, -0.05) is 12.8 Å². The number of rotatable bonds is 4. The molecular weight excluding hydrogens is 302 g/mol. The number of likely N-dealkylation sites (tertiary alicyclic amines) is 1. The molecule has 5 nitrogen and oxygen atoms in total. The van der Waals surface area contributed by atoms with Crippen molar-refractivity contribution in [1.82, 2.24) is 4.90 Å². The number of hydrogen-bond donors (Lipinski definition) is 2. The summed E-state index contributed by atoms with van der Waals surface area (Å²) in [6.07, 6.45) is 5.66. The maximum Gasteiger partial charge on any atom is 0.225 e. The third-order valence-electron chi connectivity index (χ3n) is 5.46. The predicted octanol–water partition coefficient (Wildman–Crippen LogP) is 2.51. The van der Waals surface area contributed by atoms with E-state index in [0.29, 0.717) is 17.9 Å². The summed E-state index contributed by atoms with van der Waals surface area (Å²) in [6, 6.07) is 8.96. The zero-order valence-corrected chi connectivity index (χ0v) is 14.0. The van der Waals surface area contributed by atoms with E-state index in [4.69, 9.17) is 5.26 Å². The van der Waals surface area contributed by atoms with Crippen LogP contribution in [0.1, 0.15) is 44.1 Å². The largest absolute Gasteiger partial charge is 0.390 e. The molecule has 0 radical (unpaired) electrons. The highest BCUT2D eigenvalue weighted by Gasteiger charge is 2.42. The minimum absolute atomic E-state index is 0.0100. The number of benzene rings is 1. The fraction of sp³-hybridized carbons (Fsp3) is 0.579. The van der Waals surface area contributed by atoms with Crippen LogP contribution in [0.15, 0.2) is 24.3 Å². The number of anilines is 1. The van der Waals surface area contributed by atoms with Gasteiger partial charge in [-0.2, -0.15) is 5.26 Å². The maximum atomic E-state index is 12.1. The van der Waals surface area contributed by atoms with E-state index in [-0.39, 0.29) is 5.91 Å². The predicted molar refractivity (Wildman–Crippen MR) is 92.4 cm³/mol. The van der Waals surface area contributed by atoms with Gasteiger partial charge in [0.05, 0.1) is 17.2 Å². The van der Waals surface area contributed by atoms with Gasteiger partial charge < -0.3 is 15.3 Å². The van der Waals surface area contributed by atoms with E-state index < -0.39 is 5.60 Å². The summed E-state index contributed by atoms with van der Waals surface area (Å²) in [5, 5.41) is 22.3. The van der Waals surface area contributed by atoms with Crippen LogP contribution in [-0.4, -0.2) is 41.1 Å². The van der Waals surface area contributed by atoms with E-state index in [2.05, 4.69) is 16.3 Å². The number of piperidine rings is 1. The highest BCUT2D eigenvalue weighted by molar-refractivity contribution is 5.90. The molecule has 2 fully saturated rings. The molecular formula is C19H25N3O2. The first-order valence-electron chi connectivity index (χ1n) is 8.84. The minimum atomic E-state index is -0.459. The summed E-state index contributed by atoms with van der Waals surface area (Å²) in [5.41, 5.74) is 0.847. The Labute approximate surface area is 143 Å². The van der Waals surface area contributed by atoms with Crippen molar-refractivity contribution in [2.24, 2.45) is 5.92 Å². The van der Waals surface area contributed by atoms with Crippen molar-refractivity contribution in [3.8, 4) is 6.07 Å². The van der Waals surface area contributed by atoms with Crippen LogP contribution in [0.5, 0.6) is 0 Å². The summed E-state index contributed by atoms with van der Waals surface area (Å²) in [4.78, 5) is 14.4. The summed E-state index contributed by atoms with van der Waals surface area (Å²) in [7, 11) is 0. The average Bonchev–Trinajstić information content (AvgIpc) is 2.60. The smallest absolute Gasteiger partial charge is 0.225 e. The highest BCUT2D eigenvalue weighted by atomic mass is 16.3. The molecule has 1 aliphatic heterocycles. The van der Waals surface area contributed by atoms with Gasteiger partial charge in [0, 0.05) is 37.7 Å². The Morgan fingerprint density at radius 3 is 2.88 bits per heavy atom. The number of carbonyl (C=O) groups excluding carboxylic acids is 1. The van der Waals surface area contributed by atoms with E-state index >= 15 is 0 Å². The molecule has 0 aromatic heterocycles. The van der Waals surface area contributed by atoms with Crippen molar-refractivity contribution < 1.29 is 9.90 Å². The number of hydrogen-bond acceptors (Lipinski definition) is 4. The van der Waals surface area contributed by atoms with E-state index in [9.17, 15) is 9.90 Å². The second kappa shape index (κ2) is 7.33. The van der Waals surface area contributed by atoms with Crippen LogP contribution in [0.3, 0.4) is 0 Å². The van der Waals surface area contributed by atoms with Gasteiger partial charge in [0.15, 0.2) is 0 Å². The van der Waals surface area contributed by atoms with Crippen molar-refractivity contribution in [3.05, 3.63) is 29.8 Å². The van der Waals surface area contributed by atoms with Crippen LogP contribution in [0.25, 0.3) is 0 Å². The molecule has 2 aliphatic rings. The van der Waals surface area contributed by atoms with Gasteiger partial charge in [0.2, 0.25) is 5.91 Å². The summed E-state index contributed by atoms with van der Waals surface area (Å²) >= 11 is 0. The van der Waals surface area contributed by atoms with E-state index in [1.165, 1.54) is 6.42 Å². The topological polar surface area (TPSA) is 76.4 Å². The van der Waals surface area contributed by atoms with E-state index in [1.54, 1.807) is 24.3 Å². The Morgan fingerprint density at radius 2 is 2.12 bits per heavy atom. The van der Waals surface area contributed by atoms with Gasteiger partial charge in [0.1, 0.15) is 0 Å². The molecule has 2 N–H and O–H groups in total. The molecule has 1 saturated heterocycles. The molecule has 1 aromatic rings. The summed E-state index contributed by atoms with van der Waals surface area (Å²) in [6.45, 7) is 2.51. The number of amides is 1. The molecule has 3 rings (SSSR count). The zero-order valence-electron chi connectivity index (χ0n) is 14.0. The third kappa shape index (κ3) is 3.95. The third-order valence-corrected chi connectivity index (χ3v) is 5.46. The van der Waals surface area contributed by atoms with Gasteiger partial charge in [0.25, 0.3) is 0 Å². The van der Waals surface area contributed by atoms with Crippen LogP contribution < -0.4 is 5.32 Å². The van der Waals surface area contributed by atoms with Crippen LogP contribution in [0.2, 0.25) is 0 Å². The summed E-state index contributed by atoms with van der Waals surface area (Å²) in [5.74, 6) is 0.353. The summed E-state index contributed by atoms with van der Waals surface area (Å²) < 4.78 is 0. The lowest BCUT2D eigenvalue weighted by Gasteiger charge is -2.47. The molecule has 1 aromatic carbocycles. The van der Waals surface area contributed by atoms with Gasteiger partial charge in [-0.05, 0) is 43.5 Å². The number of aliphatic hydroxyl groups is 1. The van der Waals surface area contributed by atoms with Crippen molar-refractivity contribution in [3.63, 3.8) is 0 Å². The number of nitrogens with zero attached hydrogens (tertiary/aromatic N) is 2. The van der Waals surface area contributed by atoms with Crippen LogP contribution in [-0.2, 0) is 4.79 Å². The Balaban J connectivity index is 1.45. The standard InChI is InChI=1S/C19H25N3O2/c20-13-15-4-6-17(7-5-15)21-18(23)8-11-22-12-10-19(24)9-2-1-3-16(19)14-22/h4-7,16,24H,1-3,8-12,14H2,(H,21,23).